The van der Waals surface area contributed by atoms with E-state index in [1.807, 2.05) is 13.0 Å². The molecule has 0 saturated carbocycles. The third kappa shape index (κ3) is 2.73. The number of aromatic nitrogens is 2. The van der Waals surface area contributed by atoms with Gasteiger partial charge in [-0.2, -0.15) is 0 Å². The van der Waals surface area contributed by atoms with Crippen molar-refractivity contribution in [2.24, 2.45) is 5.92 Å². The molecule has 0 bridgehead atoms. The van der Waals surface area contributed by atoms with Crippen molar-refractivity contribution in [3.63, 3.8) is 0 Å². The molecular formula is C15H18BrN3O. The SMILES string of the molecule is Cc1ccc(C2CC(C)CCN2c2ncc(Br)cn2)o1. The number of nitrogens with zero attached hydrogens (tertiary/aromatic N) is 3. The number of anilines is 1. The van der Waals surface area contributed by atoms with E-state index in [2.05, 4.69) is 43.8 Å². The van der Waals surface area contributed by atoms with E-state index < -0.39 is 0 Å². The van der Waals surface area contributed by atoms with Gasteiger partial charge >= 0.3 is 0 Å². The smallest absolute Gasteiger partial charge is 0.225 e. The maximum absolute atomic E-state index is 5.84. The summed E-state index contributed by atoms with van der Waals surface area (Å²) < 4.78 is 6.74. The second-order valence-electron chi connectivity index (χ2n) is 5.49. The largest absolute Gasteiger partial charge is 0.464 e. The summed E-state index contributed by atoms with van der Waals surface area (Å²) in [5.41, 5.74) is 0. The van der Waals surface area contributed by atoms with Gasteiger partial charge in [-0.1, -0.05) is 6.92 Å². The number of hydrogen-bond acceptors (Lipinski definition) is 4. The Morgan fingerprint density at radius 2 is 2.05 bits per heavy atom. The monoisotopic (exact) mass is 335 g/mol. The molecule has 1 aliphatic heterocycles. The van der Waals surface area contributed by atoms with Crippen molar-refractivity contribution in [3.05, 3.63) is 40.5 Å². The van der Waals surface area contributed by atoms with E-state index in [-0.39, 0.29) is 6.04 Å². The van der Waals surface area contributed by atoms with Gasteiger partial charge in [-0.05, 0) is 53.7 Å². The third-order valence-electron chi connectivity index (χ3n) is 3.82. The lowest BCUT2D eigenvalue weighted by Crippen LogP contribution is -2.37. The molecule has 3 rings (SSSR count). The van der Waals surface area contributed by atoms with Crippen molar-refractivity contribution in [1.29, 1.82) is 0 Å². The minimum Gasteiger partial charge on any atom is -0.464 e. The molecule has 0 aromatic carbocycles. The summed E-state index contributed by atoms with van der Waals surface area (Å²) in [6, 6.07) is 4.33. The quantitative estimate of drug-likeness (QED) is 0.827. The lowest BCUT2D eigenvalue weighted by Gasteiger charge is -2.37. The lowest BCUT2D eigenvalue weighted by molar-refractivity contribution is 0.321. The minimum atomic E-state index is 0.230. The zero-order chi connectivity index (χ0) is 14.1. The Morgan fingerprint density at radius 3 is 2.70 bits per heavy atom. The number of hydrogen-bond donors (Lipinski definition) is 0. The topological polar surface area (TPSA) is 42.2 Å². The Morgan fingerprint density at radius 1 is 1.30 bits per heavy atom. The summed E-state index contributed by atoms with van der Waals surface area (Å²) in [7, 11) is 0. The first-order valence-corrected chi connectivity index (χ1v) is 7.73. The van der Waals surface area contributed by atoms with E-state index in [4.69, 9.17) is 4.42 Å². The summed E-state index contributed by atoms with van der Waals surface area (Å²) in [6.07, 6.45) is 5.83. The molecule has 1 aliphatic rings. The van der Waals surface area contributed by atoms with Crippen LogP contribution in [0.25, 0.3) is 0 Å². The second kappa shape index (κ2) is 5.56. The number of aryl methyl sites for hydroxylation is 1. The highest BCUT2D eigenvalue weighted by Crippen LogP contribution is 2.36. The van der Waals surface area contributed by atoms with Gasteiger partial charge in [0.2, 0.25) is 5.95 Å². The Hall–Kier alpha value is -1.36. The van der Waals surface area contributed by atoms with Gasteiger partial charge in [0.25, 0.3) is 0 Å². The maximum Gasteiger partial charge on any atom is 0.225 e. The predicted octanol–water partition coefficient (Wildman–Crippen LogP) is 4.12. The van der Waals surface area contributed by atoms with Gasteiger partial charge in [-0.3, -0.25) is 0 Å². The molecule has 2 unspecified atom stereocenters. The van der Waals surface area contributed by atoms with Gasteiger partial charge in [-0.15, -0.1) is 0 Å². The average Bonchev–Trinajstić information content (AvgIpc) is 2.86. The Balaban J connectivity index is 1.92. The van der Waals surface area contributed by atoms with Gasteiger partial charge in [0.05, 0.1) is 10.5 Å². The summed E-state index contributed by atoms with van der Waals surface area (Å²) in [4.78, 5) is 11.1. The van der Waals surface area contributed by atoms with E-state index in [0.717, 1.165) is 41.3 Å². The first-order chi connectivity index (χ1) is 9.63. The van der Waals surface area contributed by atoms with Crippen LogP contribution in [0, 0.1) is 12.8 Å². The average molecular weight is 336 g/mol. The molecule has 0 spiro atoms. The fourth-order valence-corrected chi connectivity index (χ4v) is 2.94. The Bertz CT molecular complexity index is 581. The standard InChI is InChI=1S/C15H18BrN3O/c1-10-5-6-19(15-17-8-12(16)9-18-15)13(7-10)14-4-3-11(2)20-14/h3-4,8-10,13H,5-7H2,1-2H3. The fourth-order valence-electron chi connectivity index (χ4n) is 2.74. The molecule has 2 atom stereocenters. The van der Waals surface area contributed by atoms with E-state index in [1.165, 1.54) is 0 Å². The summed E-state index contributed by atoms with van der Waals surface area (Å²) >= 11 is 3.38. The molecular weight excluding hydrogens is 318 g/mol. The number of halogens is 1. The first-order valence-electron chi connectivity index (χ1n) is 6.94. The van der Waals surface area contributed by atoms with Crippen LogP contribution in [-0.4, -0.2) is 16.5 Å². The number of piperidine rings is 1. The van der Waals surface area contributed by atoms with E-state index in [0.29, 0.717) is 5.92 Å². The second-order valence-corrected chi connectivity index (χ2v) is 6.40. The van der Waals surface area contributed by atoms with Crippen LogP contribution < -0.4 is 4.90 Å². The van der Waals surface area contributed by atoms with Crippen molar-refractivity contribution in [2.45, 2.75) is 32.7 Å². The molecule has 0 radical (unpaired) electrons. The normalized spacial score (nSPS) is 23.1. The molecule has 4 nitrogen and oxygen atoms in total. The van der Waals surface area contributed by atoms with Crippen molar-refractivity contribution >= 4 is 21.9 Å². The van der Waals surface area contributed by atoms with Gasteiger partial charge in [-0.25, -0.2) is 9.97 Å². The van der Waals surface area contributed by atoms with Crippen LogP contribution in [0.5, 0.6) is 0 Å². The molecule has 0 aliphatic carbocycles. The van der Waals surface area contributed by atoms with Crippen molar-refractivity contribution in [3.8, 4) is 0 Å². The van der Waals surface area contributed by atoms with E-state index >= 15 is 0 Å². The molecule has 5 heteroatoms. The zero-order valence-corrected chi connectivity index (χ0v) is 13.3. The van der Waals surface area contributed by atoms with E-state index in [9.17, 15) is 0 Å². The molecule has 3 heterocycles. The van der Waals surface area contributed by atoms with Crippen LogP contribution in [0.2, 0.25) is 0 Å². The van der Waals surface area contributed by atoms with Gasteiger partial charge < -0.3 is 9.32 Å². The highest BCUT2D eigenvalue weighted by atomic mass is 79.9. The lowest BCUT2D eigenvalue weighted by atomic mass is 9.91. The van der Waals surface area contributed by atoms with Crippen LogP contribution >= 0.6 is 15.9 Å². The van der Waals surface area contributed by atoms with E-state index in [1.54, 1.807) is 12.4 Å². The third-order valence-corrected chi connectivity index (χ3v) is 4.23. The van der Waals surface area contributed by atoms with Crippen LogP contribution in [0.15, 0.2) is 33.4 Å². The van der Waals surface area contributed by atoms with Crippen molar-refractivity contribution < 1.29 is 4.42 Å². The van der Waals surface area contributed by atoms with Crippen molar-refractivity contribution in [1.82, 2.24) is 9.97 Å². The molecule has 1 saturated heterocycles. The molecule has 1 fully saturated rings. The van der Waals surface area contributed by atoms with Gasteiger partial charge in [0, 0.05) is 18.9 Å². The Labute approximate surface area is 127 Å². The van der Waals surface area contributed by atoms with Crippen LogP contribution in [-0.2, 0) is 0 Å². The summed E-state index contributed by atoms with van der Waals surface area (Å²) in [5, 5.41) is 0. The van der Waals surface area contributed by atoms with Crippen LogP contribution in [0.3, 0.4) is 0 Å². The minimum absolute atomic E-state index is 0.230. The zero-order valence-electron chi connectivity index (χ0n) is 11.7. The van der Waals surface area contributed by atoms with Gasteiger partial charge in [0.15, 0.2) is 0 Å². The molecule has 20 heavy (non-hydrogen) atoms. The molecule has 0 amide bonds. The summed E-state index contributed by atoms with van der Waals surface area (Å²) in [6.45, 7) is 5.24. The highest BCUT2D eigenvalue weighted by Gasteiger charge is 2.31. The first kappa shape index (κ1) is 13.6. The van der Waals surface area contributed by atoms with Crippen LogP contribution in [0.1, 0.15) is 37.3 Å². The Kier molecular flexibility index (Phi) is 3.78. The number of furan rings is 1. The molecule has 106 valence electrons. The molecule has 0 N–H and O–H groups in total. The van der Waals surface area contributed by atoms with Gasteiger partial charge in [0.1, 0.15) is 11.5 Å². The molecule has 2 aromatic rings. The number of rotatable bonds is 2. The predicted molar refractivity (Wildman–Crippen MR) is 81.7 cm³/mol. The fraction of sp³-hybridized carbons (Fsp3) is 0.467. The van der Waals surface area contributed by atoms with Crippen molar-refractivity contribution in [2.75, 3.05) is 11.4 Å². The molecule has 2 aromatic heterocycles. The highest BCUT2D eigenvalue weighted by molar-refractivity contribution is 9.10. The maximum atomic E-state index is 5.84. The summed E-state index contributed by atoms with van der Waals surface area (Å²) in [5.74, 6) is 3.44. The van der Waals surface area contributed by atoms with Crippen LogP contribution in [0.4, 0.5) is 5.95 Å².